The zero-order valence-corrected chi connectivity index (χ0v) is 14.7. The van der Waals surface area contributed by atoms with Crippen molar-refractivity contribution >= 4 is 17.5 Å². The van der Waals surface area contributed by atoms with Crippen molar-refractivity contribution in [2.45, 2.75) is 39.7 Å². The SMILES string of the molecule is Cc1nnc(CNC(=O)[C@H]2CC(=O)N(c3ccc(C(C)C)cc3)C2)o1. The minimum absolute atomic E-state index is 0.0360. The van der Waals surface area contributed by atoms with Gasteiger partial charge in [0.15, 0.2) is 0 Å². The van der Waals surface area contributed by atoms with E-state index in [4.69, 9.17) is 4.42 Å². The average molecular weight is 342 g/mol. The van der Waals surface area contributed by atoms with E-state index in [0.717, 1.165) is 5.69 Å². The first-order chi connectivity index (χ1) is 11.9. The summed E-state index contributed by atoms with van der Waals surface area (Å²) >= 11 is 0. The lowest BCUT2D eigenvalue weighted by molar-refractivity contribution is -0.126. The van der Waals surface area contributed by atoms with Crippen molar-refractivity contribution in [3.63, 3.8) is 0 Å². The predicted molar refractivity (Wildman–Crippen MR) is 91.9 cm³/mol. The molecule has 0 bridgehead atoms. The van der Waals surface area contributed by atoms with Gasteiger partial charge in [-0.1, -0.05) is 26.0 Å². The number of carbonyl (C=O) groups excluding carboxylic acids is 2. The van der Waals surface area contributed by atoms with Crippen LogP contribution < -0.4 is 10.2 Å². The molecular formula is C18H22N4O3. The number of anilines is 1. The maximum absolute atomic E-state index is 12.3. The van der Waals surface area contributed by atoms with Gasteiger partial charge in [0.2, 0.25) is 23.6 Å². The molecule has 0 radical (unpaired) electrons. The highest BCUT2D eigenvalue weighted by atomic mass is 16.4. The Morgan fingerprint density at radius 2 is 2.04 bits per heavy atom. The minimum atomic E-state index is -0.374. The van der Waals surface area contributed by atoms with Crippen LogP contribution in [0.25, 0.3) is 0 Å². The second kappa shape index (κ2) is 7.04. The Bertz CT molecular complexity index is 767. The van der Waals surface area contributed by atoms with Crippen LogP contribution in [0.4, 0.5) is 5.69 Å². The van der Waals surface area contributed by atoms with E-state index in [-0.39, 0.29) is 30.7 Å². The van der Waals surface area contributed by atoms with Crippen LogP contribution in [0.1, 0.15) is 43.5 Å². The van der Waals surface area contributed by atoms with Crippen molar-refractivity contribution in [1.82, 2.24) is 15.5 Å². The van der Waals surface area contributed by atoms with Gasteiger partial charge < -0.3 is 14.6 Å². The zero-order valence-electron chi connectivity index (χ0n) is 14.7. The predicted octanol–water partition coefficient (Wildman–Crippen LogP) is 2.17. The van der Waals surface area contributed by atoms with E-state index in [1.807, 2.05) is 24.3 Å². The highest BCUT2D eigenvalue weighted by Crippen LogP contribution is 2.27. The highest BCUT2D eigenvalue weighted by Gasteiger charge is 2.35. The van der Waals surface area contributed by atoms with E-state index in [1.165, 1.54) is 5.56 Å². The molecule has 1 N–H and O–H groups in total. The molecule has 0 saturated carbocycles. The summed E-state index contributed by atoms with van der Waals surface area (Å²) in [5.74, 6) is 0.667. The summed E-state index contributed by atoms with van der Waals surface area (Å²) in [5.41, 5.74) is 2.05. The normalized spacial score (nSPS) is 17.4. The van der Waals surface area contributed by atoms with Gasteiger partial charge in [0, 0.05) is 25.6 Å². The van der Waals surface area contributed by atoms with E-state index in [2.05, 4.69) is 29.4 Å². The molecule has 1 fully saturated rings. The first-order valence-electron chi connectivity index (χ1n) is 8.41. The summed E-state index contributed by atoms with van der Waals surface area (Å²) in [5, 5.41) is 10.3. The number of carbonyl (C=O) groups is 2. The molecule has 1 aromatic heterocycles. The molecule has 0 aliphatic carbocycles. The molecule has 7 nitrogen and oxygen atoms in total. The van der Waals surface area contributed by atoms with Gasteiger partial charge >= 0.3 is 0 Å². The fourth-order valence-electron chi connectivity index (χ4n) is 2.89. The Balaban J connectivity index is 1.60. The van der Waals surface area contributed by atoms with Crippen molar-refractivity contribution in [1.29, 1.82) is 0 Å². The molecule has 1 aliphatic heterocycles. The van der Waals surface area contributed by atoms with Crippen molar-refractivity contribution in [3.8, 4) is 0 Å². The van der Waals surface area contributed by atoms with Crippen molar-refractivity contribution in [2.24, 2.45) is 5.92 Å². The number of hydrogen-bond acceptors (Lipinski definition) is 5. The summed E-state index contributed by atoms with van der Waals surface area (Å²) < 4.78 is 5.22. The maximum atomic E-state index is 12.3. The largest absolute Gasteiger partial charge is 0.424 e. The van der Waals surface area contributed by atoms with E-state index in [1.54, 1.807) is 11.8 Å². The number of hydrogen-bond donors (Lipinski definition) is 1. The van der Waals surface area contributed by atoms with Crippen LogP contribution in [0.5, 0.6) is 0 Å². The molecule has 25 heavy (non-hydrogen) atoms. The van der Waals surface area contributed by atoms with Crippen LogP contribution in [0.3, 0.4) is 0 Å². The Kier molecular flexibility index (Phi) is 4.83. The third-order valence-electron chi connectivity index (χ3n) is 4.35. The van der Waals surface area contributed by atoms with Crippen LogP contribution in [0.2, 0.25) is 0 Å². The number of aryl methyl sites for hydroxylation is 1. The van der Waals surface area contributed by atoms with E-state index in [9.17, 15) is 9.59 Å². The Labute approximate surface area is 146 Å². The minimum Gasteiger partial charge on any atom is -0.424 e. The second-order valence-corrected chi connectivity index (χ2v) is 6.58. The molecule has 1 atom stereocenters. The molecule has 7 heteroatoms. The fraction of sp³-hybridized carbons (Fsp3) is 0.444. The fourth-order valence-corrected chi connectivity index (χ4v) is 2.89. The molecular weight excluding hydrogens is 320 g/mol. The van der Waals surface area contributed by atoms with Crippen LogP contribution in [-0.2, 0) is 16.1 Å². The third-order valence-corrected chi connectivity index (χ3v) is 4.35. The molecule has 1 saturated heterocycles. The summed E-state index contributed by atoms with van der Waals surface area (Å²) in [7, 11) is 0. The van der Waals surface area contributed by atoms with Crippen molar-refractivity contribution in [2.75, 3.05) is 11.4 Å². The summed E-state index contributed by atoms with van der Waals surface area (Å²) in [6.07, 6.45) is 0.209. The summed E-state index contributed by atoms with van der Waals surface area (Å²) in [6, 6.07) is 7.93. The first-order valence-corrected chi connectivity index (χ1v) is 8.41. The first kappa shape index (κ1) is 17.1. The van der Waals surface area contributed by atoms with Crippen LogP contribution in [0.15, 0.2) is 28.7 Å². The second-order valence-electron chi connectivity index (χ2n) is 6.58. The van der Waals surface area contributed by atoms with E-state index >= 15 is 0 Å². The van der Waals surface area contributed by atoms with Gasteiger partial charge in [0.05, 0.1) is 12.5 Å². The maximum Gasteiger partial charge on any atom is 0.235 e. The van der Waals surface area contributed by atoms with Gasteiger partial charge in [0.25, 0.3) is 0 Å². The lowest BCUT2D eigenvalue weighted by Crippen LogP contribution is -2.32. The lowest BCUT2D eigenvalue weighted by Gasteiger charge is -2.17. The van der Waals surface area contributed by atoms with Crippen LogP contribution >= 0.6 is 0 Å². The summed E-state index contributed by atoms with van der Waals surface area (Å²) in [6.45, 7) is 6.50. The number of benzene rings is 1. The molecule has 1 aromatic carbocycles. The van der Waals surface area contributed by atoms with Crippen LogP contribution in [-0.4, -0.2) is 28.6 Å². The highest BCUT2D eigenvalue weighted by molar-refractivity contribution is 6.00. The Morgan fingerprint density at radius 1 is 1.32 bits per heavy atom. The average Bonchev–Trinajstić information content (AvgIpc) is 3.18. The monoisotopic (exact) mass is 342 g/mol. The van der Waals surface area contributed by atoms with Crippen LogP contribution in [0, 0.1) is 12.8 Å². The molecule has 2 amide bonds. The number of aromatic nitrogens is 2. The molecule has 1 aliphatic rings. The van der Waals surface area contributed by atoms with Gasteiger partial charge in [-0.25, -0.2) is 0 Å². The van der Waals surface area contributed by atoms with Gasteiger partial charge in [0.1, 0.15) is 0 Å². The van der Waals surface area contributed by atoms with E-state index in [0.29, 0.717) is 24.2 Å². The molecule has 0 unspecified atom stereocenters. The van der Waals surface area contributed by atoms with Crippen molar-refractivity contribution in [3.05, 3.63) is 41.6 Å². The quantitative estimate of drug-likeness (QED) is 0.899. The molecule has 132 valence electrons. The van der Waals surface area contributed by atoms with Gasteiger partial charge in [-0.05, 0) is 23.6 Å². The van der Waals surface area contributed by atoms with Gasteiger partial charge in [-0.15, -0.1) is 10.2 Å². The van der Waals surface area contributed by atoms with Gasteiger partial charge in [-0.2, -0.15) is 0 Å². The molecule has 2 aromatic rings. The van der Waals surface area contributed by atoms with E-state index < -0.39 is 0 Å². The zero-order chi connectivity index (χ0) is 18.0. The number of nitrogens with one attached hydrogen (secondary N) is 1. The molecule has 2 heterocycles. The molecule has 3 rings (SSSR count). The third kappa shape index (κ3) is 3.87. The topological polar surface area (TPSA) is 88.3 Å². The van der Waals surface area contributed by atoms with Gasteiger partial charge in [-0.3, -0.25) is 9.59 Å². The smallest absolute Gasteiger partial charge is 0.235 e. The molecule has 0 spiro atoms. The summed E-state index contributed by atoms with van der Waals surface area (Å²) in [4.78, 5) is 26.3. The standard InChI is InChI=1S/C18H22N4O3/c1-11(2)13-4-6-15(7-5-13)22-10-14(8-17(22)23)18(24)19-9-16-21-20-12(3)25-16/h4-7,11,14H,8-10H2,1-3H3,(H,19,24)/t14-/m0/s1. The lowest BCUT2D eigenvalue weighted by atomic mass is 10.0. The Hall–Kier alpha value is -2.70. The van der Waals surface area contributed by atoms with Crippen molar-refractivity contribution < 1.29 is 14.0 Å². The Morgan fingerprint density at radius 3 is 2.64 bits per heavy atom. The number of rotatable bonds is 5. The number of amides is 2. The number of nitrogens with zero attached hydrogens (tertiary/aromatic N) is 3.